The van der Waals surface area contributed by atoms with Gasteiger partial charge in [0.25, 0.3) is 5.78 Å². The Kier molecular flexibility index (Phi) is 13.3. The van der Waals surface area contributed by atoms with Gasteiger partial charge in [0.2, 0.25) is 0 Å². The Morgan fingerprint density at radius 1 is 0.773 bits per heavy atom. The van der Waals surface area contributed by atoms with E-state index in [0.29, 0.717) is 12.5 Å². The Balaban J connectivity index is 3.24. The van der Waals surface area contributed by atoms with Gasteiger partial charge >= 0.3 is 6.18 Å². The summed E-state index contributed by atoms with van der Waals surface area (Å²) in [5, 5.41) is 0. The van der Waals surface area contributed by atoms with Crippen LogP contribution < -0.4 is 0 Å². The number of alkyl halides is 3. The van der Waals surface area contributed by atoms with Crippen LogP contribution in [0.25, 0.3) is 0 Å². The molecule has 0 aromatic heterocycles. The highest BCUT2D eigenvalue weighted by Gasteiger charge is 2.35. The molecule has 0 spiro atoms. The molecule has 0 rings (SSSR count). The maximum Gasteiger partial charge on any atom is 0.454 e. The van der Waals surface area contributed by atoms with E-state index in [1.54, 1.807) is 0 Å². The monoisotopic (exact) mass is 320 g/mol. The van der Waals surface area contributed by atoms with E-state index < -0.39 is 12.0 Å². The van der Waals surface area contributed by atoms with Gasteiger partial charge in [0.15, 0.2) is 0 Å². The molecule has 0 N–H and O–H groups in total. The number of rotatable bonds is 14. The molecule has 0 unspecified atom stereocenters. The molecule has 0 saturated carbocycles. The second-order valence-corrected chi connectivity index (χ2v) is 5.94. The van der Waals surface area contributed by atoms with Crippen molar-refractivity contribution in [2.45, 2.75) is 96.6 Å². The van der Waals surface area contributed by atoms with Crippen LogP contribution >= 0.6 is 0 Å². The molecular formula is C18H31F3O. The summed E-state index contributed by atoms with van der Waals surface area (Å²) in [4.78, 5) is 10.6. The molecule has 0 aromatic rings. The summed E-state index contributed by atoms with van der Waals surface area (Å²) in [5.74, 6) is -1.76. The number of carbonyl (C=O) groups excluding carboxylic acids is 1. The smallest absolute Gasteiger partial charge is 0.285 e. The average molecular weight is 320 g/mol. The number of unbranched alkanes of at least 4 members (excludes halogenated alkanes) is 12. The second kappa shape index (κ2) is 13.8. The number of halogens is 3. The van der Waals surface area contributed by atoms with Gasteiger partial charge in [-0.15, -0.1) is 0 Å². The average Bonchev–Trinajstić information content (AvgIpc) is 2.46. The molecule has 0 amide bonds. The normalized spacial score (nSPS) is 12.2. The van der Waals surface area contributed by atoms with Crippen molar-refractivity contribution in [3.05, 3.63) is 12.2 Å². The Hall–Kier alpha value is -0.800. The summed E-state index contributed by atoms with van der Waals surface area (Å²) >= 11 is 0. The largest absolute Gasteiger partial charge is 0.454 e. The minimum Gasteiger partial charge on any atom is -0.285 e. The number of allylic oxidation sites excluding steroid dienone is 2. The quantitative estimate of drug-likeness (QED) is 0.255. The fraction of sp³-hybridized carbons (Fsp3) is 0.833. The predicted octanol–water partition coefficient (Wildman–Crippen LogP) is 6.77. The summed E-state index contributed by atoms with van der Waals surface area (Å²) in [7, 11) is 0. The maximum absolute atomic E-state index is 11.9. The van der Waals surface area contributed by atoms with Crippen LogP contribution in [0.15, 0.2) is 12.2 Å². The van der Waals surface area contributed by atoms with Crippen LogP contribution in [0.4, 0.5) is 13.2 Å². The van der Waals surface area contributed by atoms with E-state index in [4.69, 9.17) is 0 Å². The molecule has 0 atom stereocenters. The van der Waals surface area contributed by atoms with Crippen molar-refractivity contribution in [3.8, 4) is 0 Å². The fourth-order valence-electron chi connectivity index (χ4n) is 2.39. The molecule has 0 heterocycles. The van der Waals surface area contributed by atoms with E-state index in [2.05, 4.69) is 6.92 Å². The molecule has 0 aliphatic heterocycles. The number of hydrogen-bond acceptors (Lipinski definition) is 1. The van der Waals surface area contributed by atoms with Crippen molar-refractivity contribution >= 4 is 5.78 Å². The molecule has 0 aliphatic rings. The van der Waals surface area contributed by atoms with Crippen molar-refractivity contribution in [2.75, 3.05) is 0 Å². The Morgan fingerprint density at radius 2 is 1.18 bits per heavy atom. The van der Waals surface area contributed by atoms with Gasteiger partial charge in [-0.25, -0.2) is 0 Å². The molecule has 0 bridgehead atoms. The first-order valence-corrected chi connectivity index (χ1v) is 8.76. The lowest BCUT2D eigenvalue weighted by molar-refractivity contribution is -0.165. The minimum absolute atomic E-state index is 0.555. The van der Waals surface area contributed by atoms with E-state index in [1.165, 1.54) is 63.9 Å². The molecular weight excluding hydrogens is 289 g/mol. The van der Waals surface area contributed by atoms with Gasteiger partial charge in [0.1, 0.15) is 0 Å². The van der Waals surface area contributed by atoms with Gasteiger partial charge in [0.05, 0.1) is 0 Å². The van der Waals surface area contributed by atoms with Crippen LogP contribution in [0.2, 0.25) is 0 Å². The Labute approximate surface area is 133 Å². The van der Waals surface area contributed by atoms with Crippen LogP contribution in [0.5, 0.6) is 0 Å². The van der Waals surface area contributed by atoms with E-state index in [9.17, 15) is 18.0 Å². The van der Waals surface area contributed by atoms with Gasteiger partial charge < -0.3 is 0 Å². The van der Waals surface area contributed by atoms with Crippen LogP contribution in [-0.2, 0) is 4.79 Å². The maximum atomic E-state index is 11.9. The van der Waals surface area contributed by atoms with Crippen molar-refractivity contribution in [1.29, 1.82) is 0 Å². The fourth-order valence-corrected chi connectivity index (χ4v) is 2.39. The summed E-state index contributed by atoms with van der Waals surface area (Å²) in [6.45, 7) is 2.23. The third-order valence-corrected chi connectivity index (χ3v) is 3.77. The van der Waals surface area contributed by atoms with Gasteiger partial charge in [-0.2, -0.15) is 13.2 Å². The highest BCUT2D eigenvalue weighted by Crippen LogP contribution is 2.17. The Bertz CT molecular complexity index is 295. The molecule has 0 radical (unpaired) electrons. The molecule has 130 valence electrons. The SMILES string of the molecule is CCCCCCCCCCCCCC/C=C/C(=O)C(F)(F)F. The molecule has 22 heavy (non-hydrogen) atoms. The lowest BCUT2D eigenvalue weighted by Crippen LogP contribution is -2.19. The van der Waals surface area contributed by atoms with Crippen LogP contribution in [0.1, 0.15) is 90.4 Å². The zero-order valence-corrected chi connectivity index (χ0v) is 13.9. The zero-order chi connectivity index (χ0) is 16.7. The number of hydrogen-bond donors (Lipinski definition) is 0. The number of ketones is 1. The highest BCUT2D eigenvalue weighted by atomic mass is 19.4. The Morgan fingerprint density at radius 3 is 1.59 bits per heavy atom. The van der Waals surface area contributed by atoms with E-state index >= 15 is 0 Å². The topological polar surface area (TPSA) is 17.1 Å². The molecule has 0 saturated heterocycles. The summed E-state index contributed by atoms with van der Waals surface area (Å²) in [6.07, 6.45) is 12.6. The summed E-state index contributed by atoms with van der Waals surface area (Å²) in [5.41, 5.74) is 0. The minimum atomic E-state index is -4.73. The summed E-state index contributed by atoms with van der Waals surface area (Å²) < 4.78 is 35.7. The zero-order valence-electron chi connectivity index (χ0n) is 13.9. The lowest BCUT2D eigenvalue weighted by atomic mass is 10.0. The van der Waals surface area contributed by atoms with Crippen molar-refractivity contribution in [3.63, 3.8) is 0 Å². The number of carbonyl (C=O) groups is 1. The predicted molar refractivity (Wildman–Crippen MR) is 85.9 cm³/mol. The van der Waals surface area contributed by atoms with E-state index in [1.807, 2.05) is 0 Å². The lowest BCUT2D eigenvalue weighted by Gasteiger charge is -2.02. The van der Waals surface area contributed by atoms with Crippen molar-refractivity contribution < 1.29 is 18.0 Å². The van der Waals surface area contributed by atoms with Crippen molar-refractivity contribution in [1.82, 2.24) is 0 Å². The molecule has 1 nitrogen and oxygen atoms in total. The summed E-state index contributed by atoms with van der Waals surface area (Å²) in [6, 6.07) is 0. The first-order valence-electron chi connectivity index (χ1n) is 8.76. The highest BCUT2D eigenvalue weighted by molar-refractivity contribution is 5.94. The molecule has 0 fully saturated rings. The van der Waals surface area contributed by atoms with Gasteiger partial charge in [-0.05, 0) is 18.9 Å². The van der Waals surface area contributed by atoms with Gasteiger partial charge in [-0.1, -0.05) is 83.6 Å². The first kappa shape index (κ1) is 21.2. The van der Waals surface area contributed by atoms with Crippen LogP contribution in [0.3, 0.4) is 0 Å². The van der Waals surface area contributed by atoms with Crippen LogP contribution in [0, 0.1) is 0 Å². The van der Waals surface area contributed by atoms with Gasteiger partial charge in [-0.3, -0.25) is 4.79 Å². The van der Waals surface area contributed by atoms with Crippen molar-refractivity contribution in [2.24, 2.45) is 0 Å². The van der Waals surface area contributed by atoms with E-state index in [0.717, 1.165) is 19.3 Å². The molecule has 0 aromatic carbocycles. The third kappa shape index (κ3) is 14.2. The molecule has 4 heteroatoms. The van der Waals surface area contributed by atoms with E-state index in [-0.39, 0.29) is 0 Å². The van der Waals surface area contributed by atoms with Crippen LogP contribution in [-0.4, -0.2) is 12.0 Å². The molecule has 0 aliphatic carbocycles. The first-order chi connectivity index (χ1) is 10.5. The standard InChI is InChI=1S/C18H31F3O/c1-2-3-4-5-6-7-8-9-10-11-12-13-14-15-16-17(22)18(19,20)21/h15-16H,2-14H2,1H3/b16-15+. The second-order valence-electron chi connectivity index (χ2n) is 5.94. The third-order valence-electron chi connectivity index (χ3n) is 3.77. The van der Waals surface area contributed by atoms with Gasteiger partial charge in [0, 0.05) is 0 Å².